The van der Waals surface area contributed by atoms with E-state index in [1.165, 1.54) is 0 Å². The SMILES string of the molecule is CCCCC[C@H](O)/C=C/[C@@H]1[C@H](C/C=C\CCCC(N)=O)[C@@H](O)C[C@H]1O. The van der Waals surface area contributed by atoms with Gasteiger partial charge in [0.15, 0.2) is 0 Å². The summed E-state index contributed by atoms with van der Waals surface area (Å²) in [5.41, 5.74) is 5.10. The molecule has 0 spiro atoms. The second-order valence-electron chi connectivity index (χ2n) is 7.13. The molecular weight excluding hydrogens is 318 g/mol. The van der Waals surface area contributed by atoms with Gasteiger partial charge in [-0.2, -0.15) is 0 Å². The van der Waals surface area contributed by atoms with E-state index in [2.05, 4.69) is 6.92 Å². The van der Waals surface area contributed by atoms with Gasteiger partial charge in [-0.3, -0.25) is 4.79 Å². The largest absolute Gasteiger partial charge is 0.393 e. The third kappa shape index (κ3) is 8.66. The smallest absolute Gasteiger partial charge is 0.217 e. The zero-order valence-electron chi connectivity index (χ0n) is 15.4. The van der Waals surface area contributed by atoms with E-state index in [9.17, 15) is 20.1 Å². The Hall–Kier alpha value is -1.17. The first-order valence-corrected chi connectivity index (χ1v) is 9.61. The molecule has 5 N–H and O–H groups in total. The summed E-state index contributed by atoms with van der Waals surface area (Å²) in [6.45, 7) is 2.13. The Morgan fingerprint density at radius 2 is 1.96 bits per heavy atom. The molecule has 0 unspecified atom stereocenters. The van der Waals surface area contributed by atoms with Crippen LogP contribution in [0.5, 0.6) is 0 Å². The summed E-state index contributed by atoms with van der Waals surface area (Å²) in [6, 6.07) is 0. The van der Waals surface area contributed by atoms with Crippen LogP contribution in [0.4, 0.5) is 0 Å². The third-order valence-corrected chi connectivity index (χ3v) is 4.94. The van der Waals surface area contributed by atoms with Crippen LogP contribution in [0, 0.1) is 11.8 Å². The quantitative estimate of drug-likeness (QED) is 0.319. The molecule has 5 nitrogen and oxygen atoms in total. The molecule has 144 valence electrons. The van der Waals surface area contributed by atoms with E-state index in [4.69, 9.17) is 5.73 Å². The van der Waals surface area contributed by atoms with Crippen molar-refractivity contribution in [3.8, 4) is 0 Å². The molecule has 0 aromatic rings. The maximum atomic E-state index is 10.7. The van der Waals surface area contributed by atoms with Crippen LogP contribution in [0.1, 0.15) is 64.7 Å². The highest BCUT2D eigenvalue weighted by Crippen LogP contribution is 2.36. The summed E-state index contributed by atoms with van der Waals surface area (Å²) in [5.74, 6) is -0.460. The number of hydrogen-bond donors (Lipinski definition) is 4. The number of carbonyl (C=O) groups excluding carboxylic acids is 1. The van der Waals surface area contributed by atoms with Crippen LogP contribution < -0.4 is 5.73 Å². The second-order valence-corrected chi connectivity index (χ2v) is 7.13. The fraction of sp³-hybridized carbons (Fsp3) is 0.750. The van der Waals surface area contributed by atoms with Gasteiger partial charge in [-0.05, 0) is 31.6 Å². The van der Waals surface area contributed by atoms with Gasteiger partial charge in [-0.15, -0.1) is 0 Å². The van der Waals surface area contributed by atoms with Crippen LogP contribution in [-0.4, -0.2) is 39.5 Å². The highest BCUT2D eigenvalue weighted by molar-refractivity contribution is 5.73. The second kappa shape index (κ2) is 12.2. The molecule has 1 saturated carbocycles. The van der Waals surface area contributed by atoms with Gasteiger partial charge in [0.1, 0.15) is 0 Å². The molecule has 0 aromatic heterocycles. The standard InChI is InChI=1S/C20H35NO4/c1-2-3-6-9-15(22)12-13-17-16(18(23)14-19(17)24)10-7-4-5-8-11-20(21)25/h4,7,12-13,15-19,22-24H,2-3,5-6,8-11,14H2,1H3,(H2,21,25)/b7-4-,13-12+/t15-,16-,17+,18-,19+/m0/s1. The molecule has 5 heteroatoms. The Morgan fingerprint density at radius 3 is 2.64 bits per heavy atom. The number of rotatable bonds is 12. The molecule has 0 bridgehead atoms. The van der Waals surface area contributed by atoms with Crippen LogP contribution in [0.15, 0.2) is 24.3 Å². The van der Waals surface area contributed by atoms with Crippen molar-refractivity contribution < 1.29 is 20.1 Å². The molecule has 1 aliphatic carbocycles. The molecule has 25 heavy (non-hydrogen) atoms. The topological polar surface area (TPSA) is 104 Å². The number of carbonyl (C=O) groups is 1. The lowest BCUT2D eigenvalue weighted by atomic mass is 9.89. The summed E-state index contributed by atoms with van der Waals surface area (Å²) in [4.78, 5) is 10.7. The molecule has 5 atom stereocenters. The van der Waals surface area contributed by atoms with Gasteiger partial charge >= 0.3 is 0 Å². The van der Waals surface area contributed by atoms with E-state index in [0.717, 1.165) is 38.5 Å². The van der Waals surface area contributed by atoms with E-state index in [-0.39, 0.29) is 17.7 Å². The lowest BCUT2D eigenvalue weighted by Gasteiger charge is -2.19. The lowest BCUT2D eigenvalue weighted by Crippen LogP contribution is -2.20. The molecule has 0 aliphatic heterocycles. The van der Waals surface area contributed by atoms with Crippen LogP contribution >= 0.6 is 0 Å². The van der Waals surface area contributed by atoms with Crippen LogP contribution in [0.2, 0.25) is 0 Å². The Kier molecular flexibility index (Phi) is 10.7. The Bertz CT molecular complexity index is 435. The van der Waals surface area contributed by atoms with Crippen molar-refractivity contribution in [3.63, 3.8) is 0 Å². The van der Waals surface area contributed by atoms with Gasteiger partial charge in [0.05, 0.1) is 18.3 Å². The minimum Gasteiger partial charge on any atom is -0.393 e. The predicted octanol–water partition coefficient (Wildman–Crippen LogP) is 2.44. The first-order chi connectivity index (χ1) is 12.0. The molecule has 1 rings (SSSR count). The summed E-state index contributed by atoms with van der Waals surface area (Å²) in [5, 5.41) is 30.4. The van der Waals surface area contributed by atoms with Crippen molar-refractivity contribution in [1.29, 1.82) is 0 Å². The number of amides is 1. The molecule has 1 aliphatic rings. The number of hydrogen-bond acceptors (Lipinski definition) is 4. The van der Waals surface area contributed by atoms with Gasteiger partial charge < -0.3 is 21.1 Å². The molecule has 0 aromatic carbocycles. The van der Waals surface area contributed by atoms with Crippen molar-refractivity contribution >= 4 is 5.91 Å². The van der Waals surface area contributed by atoms with Gasteiger partial charge in [0.2, 0.25) is 5.91 Å². The van der Waals surface area contributed by atoms with E-state index in [1.54, 1.807) is 6.08 Å². The Labute approximate surface area is 151 Å². The molecule has 0 radical (unpaired) electrons. The lowest BCUT2D eigenvalue weighted by molar-refractivity contribution is -0.118. The fourth-order valence-electron chi connectivity index (χ4n) is 3.43. The Balaban J connectivity index is 2.46. The normalized spacial score (nSPS) is 28.2. The zero-order chi connectivity index (χ0) is 18.7. The van der Waals surface area contributed by atoms with Gasteiger partial charge in [0, 0.05) is 18.8 Å². The van der Waals surface area contributed by atoms with Gasteiger partial charge in [0.25, 0.3) is 0 Å². The van der Waals surface area contributed by atoms with Crippen LogP contribution in [-0.2, 0) is 4.79 Å². The summed E-state index contributed by atoms with van der Waals surface area (Å²) in [7, 11) is 0. The van der Waals surface area contributed by atoms with E-state index < -0.39 is 18.3 Å². The van der Waals surface area contributed by atoms with E-state index in [1.807, 2.05) is 18.2 Å². The molecule has 0 saturated heterocycles. The average Bonchev–Trinajstić information content (AvgIpc) is 2.82. The number of nitrogens with two attached hydrogens (primary N) is 1. The van der Waals surface area contributed by atoms with Crippen molar-refractivity contribution in [2.75, 3.05) is 0 Å². The molecular formula is C20H35NO4. The molecule has 0 heterocycles. The number of aliphatic hydroxyl groups is 3. The zero-order valence-corrected chi connectivity index (χ0v) is 15.4. The highest BCUT2D eigenvalue weighted by Gasteiger charge is 2.39. The Morgan fingerprint density at radius 1 is 1.20 bits per heavy atom. The monoisotopic (exact) mass is 353 g/mol. The number of allylic oxidation sites excluding steroid dienone is 2. The van der Waals surface area contributed by atoms with Crippen molar-refractivity contribution in [3.05, 3.63) is 24.3 Å². The van der Waals surface area contributed by atoms with E-state index in [0.29, 0.717) is 19.3 Å². The number of primary amides is 1. The first-order valence-electron chi connectivity index (χ1n) is 9.61. The average molecular weight is 354 g/mol. The van der Waals surface area contributed by atoms with Gasteiger partial charge in [-0.25, -0.2) is 0 Å². The van der Waals surface area contributed by atoms with Crippen LogP contribution in [0.25, 0.3) is 0 Å². The van der Waals surface area contributed by atoms with Crippen LogP contribution in [0.3, 0.4) is 0 Å². The third-order valence-electron chi connectivity index (χ3n) is 4.94. The minimum atomic E-state index is -0.567. The van der Waals surface area contributed by atoms with Gasteiger partial charge in [-0.1, -0.05) is 50.5 Å². The highest BCUT2D eigenvalue weighted by atomic mass is 16.3. The summed E-state index contributed by atoms with van der Waals surface area (Å²) >= 11 is 0. The summed E-state index contributed by atoms with van der Waals surface area (Å²) in [6.07, 6.45) is 13.0. The maximum Gasteiger partial charge on any atom is 0.217 e. The minimum absolute atomic E-state index is 0.0403. The van der Waals surface area contributed by atoms with Crippen molar-refractivity contribution in [1.82, 2.24) is 0 Å². The summed E-state index contributed by atoms with van der Waals surface area (Å²) < 4.78 is 0. The van der Waals surface area contributed by atoms with E-state index >= 15 is 0 Å². The predicted molar refractivity (Wildman–Crippen MR) is 99.7 cm³/mol. The maximum absolute atomic E-state index is 10.7. The number of aliphatic hydroxyl groups excluding tert-OH is 3. The first kappa shape index (κ1) is 21.9. The number of unbranched alkanes of at least 4 members (excludes halogenated alkanes) is 3. The molecule has 1 amide bonds. The van der Waals surface area contributed by atoms with Crippen molar-refractivity contribution in [2.45, 2.75) is 83.0 Å². The fourth-order valence-corrected chi connectivity index (χ4v) is 3.43. The molecule has 1 fully saturated rings. The van der Waals surface area contributed by atoms with Crippen molar-refractivity contribution in [2.24, 2.45) is 17.6 Å².